The summed E-state index contributed by atoms with van der Waals surface area (Å²) in [4.78, 5) is 40.1. The van der Waals surface area contributed by atoms with Crippen LogP contribution in [-0.4, -0.2) is 67.9 Å². The number of carbonyl (C=O) groups excluding carboxylic acids is 3. The smallest absolute Gasteiger partial charge is 0.339 e. The summed E-state index contributed by atoms with van der Waals surface area (Å²) in [5.74, 6) is -2.00. The van der Waals surface area contributed by atoms with Crippen LogP contribution < -0.4 is 0 Å². The second-order valence-electron chi connectivity index (χ2n) is 8.95. The maximum atomic E-state index is 14.1. The lowest BCUT2D eigenvalue weighted by Crippen LogP contribution is -2.49. The van der Waals surface area contributed by atoms with Gasteiger partial charge in [-0.2, -0.15) is 4.31 Å². The molecule has 204 valence electrons. The van der Waals surface area contributed by atoms with Gasteiger partial charge in [0.05, 0.1) is 17.6 Å². The molecule has 0 saturated carbocycles. The highest BCUT2D eigenvalue weighted by molar-refractivity contribution is 14.1. The Balaban J connectivity index is 1.77. The van der Waals surface area contributed by atoms with Crippen molar-refractivity contribution in [2.45, 2.75) is 30.4 Å². The van der Waals surface area contributed by atoms with E-state index in [1.54, 1.807) is 60.7 Å². The molecule has 0 unspecified atom stereocenters. The second kappa shape index (κ2) is 12.3. The minimum absolute atomic E-state index is 0.0205. The van der Waals surface area contributed by atoms with Crippen LogP contribution in [0.5, 0.6) is 0 Å². The van der Waals surface area contributed by atoms with Crippen molar-refractivity contribution in [2.24, 2.45) is 0 Å². The number of amides is 1. The molecule has 0 bridgehead atoms. The molecule has 11 heteroatoms. The quantitative estimate of drug-likeness (QED) is 0.255. The number of carbonyl (C=O) groups is 3. The van der Waals surface area contributed by atoms with Gasteiger partial charge in [0.2, 0.25) is 15.9 Å². The Labute approximate surface area is 240 Å². The van der Waals surface area contributed by atoms with Gasteiger partial charge in [0.15, 0.2) is 0 Å². The van der Waals surface area contributed by atoms with Gasteiger partial charge < -0.3 is 14.4 Å². The van der Waals surface area contributed by atoms with Gasteiger partial charge in [0, 0.05) is 3.57 Å². The topological polar surface area (TPSA) is 110 Å². The highest BCUT2D eigenvalue weighted by atomic mass is 127. The Bertz CT molecular complexity index is 1460. The van der Waals surface area contributed by atoms with Crippen molar-refractivity contribution in [3.05, 3.63) is 99.1 Å². The number of sulfonamides is 1. The number of esters is 2. The normalized spacial score (nSPS) is 17.7. The lowest BCUT2D eigenvalue weighted by molar-refractivity contribution is -0.147. The van der Waals surface area contributed by atoms with E-state index in [1.807, 2.05) is 35.6 Å². The van der Waals surface area contributed by atoms with E-state index in [0.29, 0.717) is 9.13 Å². The molecule has 39 heavy (non-hydrogen) atoms. The number of halogens is 1. The number of ether oxygens (including phenoxy) is 2. The molecule has 1 heterocycles. The first-order chi connectivity index (χ1) is 18.6. The minimum atomic E-state index is -4.28. The van der Waals surface area contributed by atoms with E-state index in [9.17, 15) is 22.8 Å². The zero-order valence-electron chi connectivity index (χ0n) is 21.3. The van der Waals surface area contributed by atoms with Crippen LogP contribution in [0.2, 0.25) is 0 Å². The van der Waals surface area contributed by atoms with Gasteiger partial charge in [0.1, 0.15) is 25.4 Å². The van der Waals surface area contributed by atoms with Gasteiger partial charge in [-0.3, -0.25) is 9.59 Å². The summed E-state index contributed by atoms with van der Waals surface area (Å²) in [6, 6.07) is 20.9. The number of hydrogen-bond acceptors (Lipinski definition) is 7. The molecular weight excluding hydrogens is 635 g/mol. The van der Waals surface area contributed by atoms with E-state index in [2.05, 4.69) is 0 Å². The van der Waals surface area contributed by atoms with Gasteiger partial charge in [0.25, 0.3) is 0 Å². The molecule has 1 aliphatic rings. The summed E-state index contributed by atoms with van der Waals surface area (Å²) in [5.41, 5.74) is 1.90. The number of methoxy groups -OCH3 is 1. The van der Waals surface area contributed by atoms with Crippen LogP contribution in [0.4, 0.5) is 0 Å². The molecule has 3 aromatic rings. The van der Waals surface area contributed by atoms with E-state index in [4.69, 9.17) is 9.47 Å². The molecule has 0 N–H and O–H groups in total. The maximum Gasteiger partial charge on any atom is 0.339 e. The van der Waals surface area contributed by atoms with Crippen molar-refractivity contribution in [3.63, 3.8) is 0 Å². The summed E-state index contributed by atoms with van der Waals surface area (Å²) in [7, 11) is -3.10. The predicted octanol–water partition coefficient (Wildman–Crippen LogP) is 3.40. The fourth-order valence-corrected chi connectivity index (χ4v) is 6.70. The number of nitrogens with zero attached hydrogens (tertiary/aromatic N) is 2. The number of rotatable bonds is 9. The molecule has 9 nitrogen and oxygen atoms in total. The molecule has 1 saturated heterocycles. The molecule has 3 aromatic carbocycles. The fourth-order valence-electron chi connectivity index (χ4n) is 4.37. The monoisotopic (exact) mass is 662 g/mol. The van der Waals surface area contributed by atoms with Crippen molar-refractivity contribution < 1.29 is 32.3 Å². The average molecular weight is 663 g/mol. The lowest BCUT2D eigenvalue weighted by atomic mass is 10.1. The van der Waals surface area contributed by atoms with Crippen LogP contribution in [-0.2, 0) is 35.5 Å². The van der Waals surface area contributed by atoms with E-state index in [0.717, 1.165) is 20.3 Å². The Morgan fingerprint density at radius 3 is 2.23 bits per heavy atom. The van der Waals surface area contributed by atoms with Crippen LogP contribution in [0, 0.1) is 10.5 Å². The molecule has 0 aromatic heterocycles. The van der Waals surface area contributed by atoms with E-state index >= 15 is 0 Å². The Morgan fingerprint density at radius 2 is 1.59 bits per heavy atom. The highest BCUT2D eigenvalue weighted by Gasteiger charge is 2.53. The molecule has 0 spiro atoms. The number of aryl methyl sites for hydroxylation is 1. The average Bonchev–Trinajstić information content (AvgIpc) is 3.18. The summed E-state index contributed by atoms with van der Waals surface area (Å²) >= 11 is 2.00. The largest absolute Gasteiger partial charge is 0.468 e. The maximum absolute atomic E-state index is 14.1. The second-order valence-corrected chi connectivity index (χ2v) is 12.0. The van der Waals surface area contributed by atoms with Crippen LogP contribution >= 0.6 is 22.6 Å². The van der Waals surface area contributed by atoms with Crippen molar-refractivity contribution in [1.29, 1.82) is 0 Å². The van der Waals surface area contributed by atoms with Crippen molar-refractivity contribution >= 4 is 50.5 Å². The first kappa shape index (κ1) is 28.7. The molecule has 0 aliphatic carbocycles. The first-order valence-corrected chi connectivity index (χ1v) is 14.6. The molecule has 1 fully saturated rings. The van der Waals surface area contributed by atoms with Gasteiger partial charge in [-0.05, 0) is 65.8 Å². The highest BCUT2D eigenvalue weighted by Crippen LogP contribution is 2.32. The number of benzene rings is 3. The molecule has 4 rings (SSSR count). The van der Waals surface area contributed by atoms with Crippen molar-refractivity contribution in [3.8, 4) is 0 Å². The summed E-state index contributed by atoms with van der Waals surface area (Å²) in [5, 5.41) is 0. The van der Waals surface area contributed by atoms with E-state index in [1.165, 1.54) is 19.2 Å². The van der Waals surface area contributed by atoms with Gasteiger partial charge in [-0.1, -0.05) is 60.2 Å². The van der Waals surface area contributed by atoms with Gasteiger partial charge in [-0.25, -0.2) is 13.2 Å². The van der Waals surface area contributed by atoms with Crippen LogP contribution in [0.3, 0.4) is 0 Å². The predicted molar refractivity (Wildman–Crippen MR) is 151 cm³/mol. The Hall–Kier alpha value is -3.29. The first-order valence-electron chi connectivity index (χ1n) is 12.1. The molecule has 1 aliphatic heterocycles. The zero-order valence-corrected chi connectivity index (χ0v) is 24.3. The summed E-state index contributed by atoms with van der Waals surface area (Å²) in [6.07, 6.45) is -1.22. The lowest BCUT2D eigenvalue weighted by Gasteiger charge is -2.30. The summed E-state index contributed by atoms with van der Waals surface area (Å²) in [6.45, 7) is 0.841. The van der Waals surface area contributed by atoms with Crippen LogP contribution in [0.1, 0.15) is 21.5 Å². The standard InChI is InChI=1S/C28H27IN2O7S/c1-19-12-14-21(15-13-19)39(35,36)31-24(16-20-8-4-3-5-9-20)27(33)30(17-26(32)37-2)25(31)18-38-28(34)22-10-6-7-11-23(22)29/h3-15,24-25H,16-18H2,1-2H3/t24-,25+/m0/s1. The molecule has 1 amide bonds. The fraction of sp³-hybridized carbons (Fsp3) is 0.250. The molecule has 0 radical (unpaired) electrons. The summed E-state index contributed by atoms with van der Waals surface area (Å²) < 4.78 is 40.2. The van der Waals surface area contributed by atoms with E-state index < -0.39 is 53.2 Å². The number of hydrogen-bond donors (Lipinski definition) is 0. The molecular formula is C28H27IN2O7S. The van der Waals surface area contributed by atoms with Crippen LogP contribution in [0.25, 0.3) is 0 Å². The van der Waals surface area contributed by atoms with Crippen molar-refractivity contribution in [1.82, 2.24) is 9.21 Å². The van der Waals surface area contributed by atoms with Gasteiger partial charge in [-0.15, -0.1) is 0 Å². The Morgan fingerprint density at radius 1 is 0.949 bits per heavy atom. The minimum Gasteiger partial charge on any atom is -0.468 e. The third-order valence-electron chi connectivity index (χ3n) is 6.38. The third kappa shape index (κ3) is 6.31. The third-order valence-corrected chi connectivity index (χ3v) is 9.24. The van der Waals surface area contributed by atoms with Gasteiger partial charge >= 0.3 is 11.9 Å². The van der Waals surface area contributed by atoms with Crippen molar-refractivity contribution in [2.75, 3.05) is 20.3 Å². The van der Waals surface area contributed by atoms with Crippen LogP contribution in [0.15, 0.2) is 83.8 Å². The van der Waals surface area contributed by atoms with E-state index in [-0.39, 0.29) is 11.3 Å². The SMILES string of the molecule is COC(=O)CN1C(=O)[C@H](Cc2ccccc2)N(S(=O)(=O)c2ccc(C)cc2)[C@@H]1COC(=O)c1ccccc1I. The Kier molecular flexibility index (Phi) is 9.03. The molecule has 2 atom stereocenters. The zero-order chi connectivity index (χ0) is 28.2.